The number of carbonyl (C=O) groups is 2. The fraction of sp³-hybridized carbons (Fsp3) is 0.375. The molecule has 6 nitrogen and oxygen atoms in total. The molecule has 0 heterocycles. The van der Waals surface area contributed by atoms with Crippen molar-refractivity contribution in [2.24, 2.45) is 9.98 Å². The van der Waals surface area contributed by atoms with E-state index in [9.17, 15) is 19.8 Å². The first-order chi connectivity index (χ1) is 17.6. The molecule has 7 heteroatoms. The third-order valence-electron chi connectivity index (χ3n) is 6.61. The summed E-state index contributed by atoms with van der Waals surface area (Å²) in [6.45, 7) is 17.4. The number of hydrogen-bond donors (Lipinski definition) is 0. The van der Waals surface area contributed by atoms with E-state index in [1.807, 2.05) is 41.5 Å². The van der Waals surface area contributed by atoms with E-state index in [-0.39, 0.29) is 51.0 Å². The Balaban J connectivity index is 0.00000760. The maximum absolute atomic E-state index is 12.2. The molecule has 2 rings (SSSR count). The molecular formula is C32H38CoN2O4. The van der Waals surface area contributed by atoms with Gasteiger partial charge in [-0.25, -0.2) is 0 Å². The summed E-state index contributed by atoms with van der Waals surface area (Å²) in [7, 11) is 0. The number of benzene rings is 2. The summed E-state index contributed by atoms with van der Waals surface area (Å²) in [5.74, 6) is -1.49. The molecule has 2 atom stereocenters. The van der Waals surface area contributed by atoms with Crippen LogP contribution < -0.4 is 10.2 Å². The predicted molar refractivity (Wildman–Crippen MR) is 151 cm³/mol. The van der Waals surface area contributed by atoms with Crippen LogP contribution in [0.15, 0.2) is 56.9 Å². The van der Waals surface area contributed by atoms with Gasteiger partial charge in [-0.15, -0.1) is 11.5 Å². The molecule has 0 aliphatic rings. The van der Waals surface area contributed by atoms with E-state index in [1.54, 1.807) is 0 Å². The smallest absolute Gasteiger partial charge is 0.875 e. The van der Waals surface area contributed by atoms with Crippen molar-refractivity contribution in [2.75, 3.05) is 0 Å². The SMILES string of the molecule is CC(=O)C(C=NC(c1c(C)cc(C)cc1C)C(N=CC(C(C)=O)=C(C)[O-])c1c(C)cc(C)cc1C)=C(C)[O-].[Co+2]. The molecule has 2 unspecified atom stereocenters. The molecule has 1 radical (unpaired) electrons. The van der Waals surface area contributed by atoms with Crippen molar-refractivity contribution in [1.29, 1.82) is 0 Å². The Bertz CT molecular complexity index is 1220. The van der Waals surface area contributed by atoms with Gasteiger partial charge in [-0.2, -0.15) is 0 Å². The number of Topliss-reactive ketones (excluding diaryl/α,β-unsaturated/α-hetero) is 2. The van der Waals surface area contributed by atoms with Crippen LogP contribution in [-0.2, 0) is 26.4 Å². The largest absolute Gasteiger partial charge is 2.00 e. The van der Waals surface area contributed by atoms with Gasteiger partial charge in [-0.05, 0) is 88.8 Å². The summed E-state index contributed by atoms with van der Waals surface area (Å²) in [6.07, 6.45) is 2.69. The molecule has 0 N–H and O–H groups in total. The van der Waals surface area contributed by atoms with Crippen LogP contribution in [0.2, 0.25) is 0 Å². The first kappa shape index (κ1) is 33.7. The maximum atomic E-state index is 12.2. The second-order valence-corrected chi connectivity index (χ2v) is 10.1. The van der Waals surface area contributed by atoms with Crippen molar-refractivity contribution in [3.63, 3.8) is 0 Å². The first-order valence-corrected chi connectivity index (χ1v) is 12.6. The van der Waals surface area contributed by atoms with E-state index in [0.29, 0.717) is 0 Å². The Kier molecular flexibility index (Phi) is 12.3. The fourth-order valence-electron chi connectivity index (χ4n) is 5.11. The number of allylic oxidation sites excluding steroid dienone is 4. The molecule has 0 aliphatic carbocycles. The quantitative estimate of drug-likeness (QED) is 0.242. The van der Waals surface area contributed by atoms with Crippen LogP contribution in [0.4, 0.5) is 0 Å². The molecule has 0 aliphatic heterocycles. The van der Waals surface area contributed by atoms with E-state index in [4.69, 9.17) is 9.98 Å². The van der Waals surface area contributed by atoms with Crippen molar-refractivity contribution in [3.05, 3.63) is 91.4 Å². The zero-order valence-electron chi connectivity index (χ0n) is 24.5. The first-order valence-electron chi connectivity index (χ1n) is 12.6. The summed E-state index contributed by atoms with van der Waals surface area (Å²) < 4.78 is 0. The number of rotatable bonds is 9. The predicted octanol–water partition coefficient (Wildman–Crippen LogP) is 4.91. The van der Waals surface area contributed by atoms with Gasteiger partial charge in [0.1, 0.15) is 12.1 Å². The molecule has 0 saturated heterocycles. The van der Waals surface area contributed by atoms with Crippen LogP contribution in [0, 0.1) is 41.5 Å². The Morgan fingerprint density at radius 3 is 1.08 bits per heavy atom. The average Bonchev–Trinajstić information content (AvgIpc) is 2.74. The van der Waals surface area contributed by atoms with Gasteiger partial charge in [0.2, 0.25) is 0 Å². The van der Waals surface area contributed by atoms with Gasteiger partial charge in [0.25, 0.3) is 0 Å². The topological polar surface area (TPSA) is 105 Å². The maximum Gasteiger partial charge on any atom is 2.00 e. The molecule has 2 aromatic rings. The molecule has 0 spiro atoms. The Morgan fingerprint density at radius 2 is 0.872 bits per heavy atom. The van der Waals surface area contributed by atoms with E-state index in [1.165, 1.54) is 40.1 Å². The van der Waals surface area contributed by atoms with Crippen molar-refractivity contribution < 1.29 is 36.6 Å². The van der Waals surface area contributed by atoms with Gasteiger partial charge >= 0.3 is 16.8 Å². The summed E-state index contributed by atoms with van der Waals surface area (Å²) >= 11 is 0. The number of nitrogens with zero attached hydrogens (tertiary/aromatic N) is 2. The van der Waals surface area contributed by atoms with Crippen LogP contribution in [0.25, 0.3) is 0 Å². The zero-order chi connectivity index (χ0) is 28.9. The van der Waals surface area contributed by atoms with E-state index >= 15 is 0 Å². The van der Waals surface area contributed by atoms with Gasteiger partial charge in [-0.3, -0.25) is 19.6 Å². The summed E-state index contributed by atoms with van der Waals surface area (Å²) in [5.41, 5.74) is 7.95. The normalized spacial score (nSPS) is 14.5. The summed E-state index contributed by atoms with van der Waals surface area (Å²) in [4.78, 5) is 34.1. The minimum atomic E-state index is -0.638. The Morgan fingerprint density at radius 1 is 0.615 bits per heavy atom. The molecule has 0 saturated carbocycles. The van der Waals surface area contributed by atoms with Crippen LogP contribution >= 0.6 is 0 Å². The van der Waals surface area contributed by atoms with Gasteiger partial charge in [0.05, 0.1) is 0 Å². The van der Waals surface area contributed by atoms with Crippen LogP contribution in [-0.4, -0.2) is 24.0 Å². The Labute approximate surface area is 242 Å². The van der Waals surface area contributed by atoms with Crippen molar-refractivity contribution >= 4 is 24.0 Å². The number of hydrogen-bond acceptors (Lipinski definition) is 6. The van der Waals surface area contributed by atoms with E-state index in [0.717, 1.165) is 44.5 Å². The number of ketones is 2. The van der Waals surface area contributed by atoms with Gasteiger partial charge in [0.15, 0.2) is 11.6 Å². The number of aliphatic imine (C=N–C) groups is 2. The van der Waals surface area contributed by atoms with Crippen LogP contribution in [0.1, 0.15) is 84.3 Å². The van der Waals surface area contributed by atoms with Gasteiger partial charge < -0.3 is 10.2 Å². The standard InChI is InChI=1S/C32H40N2O4.Co/c1-17-11-19(3)29(20(4)12-17)31(33-15-27(23(7)35)24(8)36)32(34-16-28(25(9)37)26(10)38)30-21(5)13-18(2)14-22(30)6;/h11-16,31-32,35,37H,1-10H3;/q;+2/p-2. The molecule has 209 valence electrons. The zero-order valence-corrected chi connectivity index (χ0v) is 25.5. The molecular weight excluding hydrogens is 535 g/mol. The van der Waals surface area contributed by atoms with Gasteiger partial charge in [-0.1, -0.05) is 49.2 Å². The Hall–Kier alpha value is -3.29. The average molecular weight is 574 g/mol. The van der Waals surface area contributed by atoms with Crippen molar-refractivity contribution in [3.8, 4) is 0 Å². The molecule has 39 heavy (non-hydrogen) atoms. The van der Waals surface area contributed by atoms with Gasteiger partial charge in [0, 0.05) is 23.6 Å². The van der Waals surface area contributed by atoms with Crippen molar-refractivity contribution in [1.82, 2.24) is 0 Å². The molecule has 0 amide bonds. The molecule has 0 bridgehead atoms. The number of carbonyl (C=O) groups excluding carboxylic acids is 2. The molecule has 2 aromatic carbocycles. The molecule has 0 fully saturated rings. The second kappa shape index (κ2) is 14.2. The second-order valence-electron chi connectivity index (χ2n) is 10.1. The van der Waals surface area contributed by atoms with E-state index < -0.39 is 12.1 Å². The third-order valence-corrected chi connectivity index (χ3v) is 6.61. The third kappa shape index (κ3) is 8.34. The fourth-order valence-corrected chi connectivity index (χ4v) is 5.11. The monoisotopic (exact) mass is 573 g/mol. The van der Waals surface area contributed by atoms with Crippen LogP contribution in [0.3, 0.4) is 0 Å². The minimum absolute atomic E-state index is 0. The molecule has 0 aromatic heterocycles. The summed E-state index contributed by atoms with van der Waals surface area (Å²) in [5, 5.41) is 24.4. The summed E-state index contributed by atoms with van der Waals surface area (Å²) in [6, 6.07) is 6.96. The van der Waals surface area contributed by atoms with E-state index in [2.05, 4.69) is 24.3 Å². The van der Waals surface area contributed by atoms with Crippen molar-refractivity contribution in [2.45, 2.75) is 81.3 Å². The van der Waals surface area contributed by atoms with Crippen LogP contribution in [0.5, 0.6) is 0 Å². The minimum Gasteiger partial charge on any atom is -0.875 e. The number of aryl methyl sites for hydroxylation is 6.